The maximum Gasteiger partial charge on any atom is 0.220 e. The first-order chi connectivity index (χ1) is 7.60. The lowest BCUT2D eigenvalue weighted by atomic mass is 9.74. The molecule has 0 aromatic heterocycles. The number of carbonyl (C=O) groups excluding carboxylic acids is 1. The fourth-order valence-corrected chi connectivity index (χ4v) is 2.59. The van der Waals surface area contributed by atoms with Crippen LogP contribution in [0.25, 0.3) is 0 Å². The van der Waals surface area contributed by atoms with Gasteiger partial charge in [-0.1, -0.05) is 25.5 Å². The summed E-state index contributed by atoms with van der Waals surface area (Å²) in [6.45, 7) is 2.10. The van der Waals surface area contributed by atoms with Gasteiger partial charge in [0.05, 0.1) is 5.76 Å². The summed E-state index contributed by atoms with van der Waals surface area (Å²) in [5.74, 6) is 0.551. The Kier molecular flexibility index (Phi) is 3.03. The highest BCUT2D eigenvalue weighted by Crippen LogP contribution is 2.36. The van der Waals surface area contributed by atoms with Crippen LogP contribution < -0.4 is 5.32 Å². The van der Waals surface area contributed by atoms with Crippen LogP contribution in [0.4, 0.5) is 0 Å². The molecule has 1 fully saturated rings. The summed E-state index contributed by atoms with van der Waals surface area (Å²) in [6.07, 6.45) is 10.0. The molecule has 0 spiro atoms. The van der Waals surface area contributed by atoms with Gasteiger partial charge in [-0.15, -0.1) is 0 Å². The first-order valence-corrected chi connectivity index (χ1v) is 5.97. The zero-order valence-corrected chi connectivity index (χ0v) is 9.70. The number of aliphatic hydroxyl groups is 1. The number of nitrogens with one attached hydrogen (secondary N) is 1. The first kappa shape index (κ1) is 11.2. The van der Waals surface area contributed by atoms with E-state index >= 15 is 0 Å². The third kappa shape index (κ3) is 2.29. The summed E-state index contributed by atoms with van der Waals surface area (Å²) >= 11 is 0. The van der Waals surface area contributed by atoms with E-state index in [1.807, 2.05) is 6.08 Å². The van der Waals surface area contributed by atoms with Crippen LogP contribution in [0.15, 0.2) is 24.0 Å². The van der Waals surface area contributed by atoms with E-state index in [0.717, 1.165) is 19.3 Å². The van der Waals surface area contributed by atoms with Gasteiger partial charge in [-0.25, -0.2) is 0 Å². The molecule has 2 N–H and O–H groups in total. The molecule has 1 heterocycles. The monoisotopic (exact) mass is 221 g/mol. The molecule has 0 aromatic rings. The van der Waals surface area contributed by atoms with Crippen LogP contribution in [-0.2, 0) is 4.79 Å². The Balaban J connectivity index is 2.13. The molecule has 0 bridgehead atoms. The Labute approximate surface area is 96.2 Å². The van der Waals surface area contributed by atoms with Crippen molar-refractivity contribution in [1.82, 2.24) is 5.32 Å². The van der Waals surface area contributed by atoms with Gasteiger partial charge in [-0.3, -0.25) is 4.79 Å². The van der Waals surface area contributed by atoms with Crippen molar-refractivity contribution in [2.24, 2.45) is 5.41 Å². The molecular weight excluding hydrogens is 202 g/mol. The number of hydrogen-bond acceptors (Lipinski definition) is 2. The number of carbonyl (C=O) groups is 1. The molecule has 1 amide bonds. The van der Waals surface area contributed by atoms with E-state index in [2.05, 4.69) is 18.3 Å². The minimum Gasteiger partial charge on any atom is -0.512 e. The van der Waals surface area contributed by atoms with E-state index in [1.54, 1.807) is 6.08 Å². The van der Waals surface area contributed by atoms with E-state index in [-0.39, 0.29) is 17.4 Å². The van der Waals surface area contributed by atoms with Crippen molar-refractivity contribution in [2.75, 3.05) is 0 Å². The molecule has 1 aliphatic carbocycles. The van der Waals surface area contributed by atoms with E-state index < -0.39 is 0 Å². The standard InChI is InChI=1S/C13H19NO2/c1-13(8-4-5-10(15)9-13)11-6-2-3-7-12(16)14-11/h4-5,8,11,15H,2-3,6-7,9H2,1H3,(H,14,16). The average molecular weight is 221 g/mol. The van der Waals surface area contributed by atoms with E-state index in [0.29, 0.717) is 18.6 Å². The summed E-state index contributed by atoms with van der Waals surface area (Å²) in [5.41, 5.74) is -0.140. The van der Waals surface area contributed by atoms with Crippen molar-refractivity contribution in [3.63, 3.8) is 0 Å². The van der Waals surface area contributed by atoms with Crippen LogP contribution in [0.3, 0.4) is 0 Å². The summed E-state index contributed by atoms with van der Waals surface area (Å²) in [7, 11) is 0. The van der Waals surface area contributed by atoms with Gasteiger partial charge in [0.1, 0.15) is 0 Å². The molecule has 88 valence electrons. The van der Waals surface area contributed by atoms with E-state index in [9.17, 15) is 9.90 Å². The lowest BCUT2D eigenvalue weighted by molar-refractivity contribution is -0.122. The number of amides is 1. The molecule has 2 unspecified atom stereocenters. The summed E-state index contributed by atoms with van der Waals surface area (Å²) in [6, 6.07) is 0.148. The molecule has 0 aromatic carbocycles. The van der Waals surface area contributed by atoms with Crippen molar-refractivity contribution in [2.45, 2.75) is 45.1 Å². The summed E-state index contributed by atoms with van der Waals surface area (Å²) in [4.78, 5) is 11.5. The van der Waals surface area contributed by atoms with Crippen molar-refractivity contribution in [3.05, 3.63) is 24.0 Å². The van der Waals surface area contributed by atoms with E-state index in [4.69, 9.17) is 0 Å². The lowest BCUT2D eigenvalue weighted by Gasteiger charge is -2.36. The van der Waals surface area contributed by atoms with Gasteiger partial charge in [0.2, 0.25) is 5.91 Å². The van der Waals surface area contributed by atoms with Gasteiger partial charge < -0.3 is 10.4 Å². The lowest BCUT2D eigenvalue weighted by Crippen LogP contribution is -2.45. The fourth-order valence-electron chi connectivity index (χ4n) is 2.59. The Morgan fingerprint density at radius 3 is 3.06 bits per heavy atom. The zero-order valence-electron chi connectivity index (χ0n) is 9.70. The molecule has 1 saturated heterocycles. The van der Waals surface area contributed by atoms with Crippen LogP contribution in [-0.4, -0.2) is 17.1 Å². The SMILES string of the molecule is CC1(C2CCCCC(=O)N2)C=CC=C(O)C1. The first-order valence-electron chi connectivity index (χ1n) is 5.97. The Hall–Kier alpha value is -1.25. The van der Waals surface area contributed by atoms with Gasteiger partial charge in [0.15, 0.2) is 0 Å². The number of rotatable bonds is 1. The maximum absolute atomic E-state index is 11.5. The van der Waals surface area contributed by atoms with Crippen LogP contribution in [0.1, 0.15) is 39.0 Å². The molecular formula is C13H19NO2. The van der Waals surface area contributed by atoms with Crippen LogP contribution >= 0.6 is 0 Å². The van der Waals surface area contributed by atoms with Crippen molar-refractivity contribution in [1.29, 1.82) is 0 Å². The highest BCUT2D eigenvalue weighted by molar-refractivity contribution is 5.76. The van der Waals surface area contributed by atoms with Crippen LogP contribution in [0.5, 0.6) is 0 Å². The van der Waals surface area contributed by atoms with Crippen molar-refractivity contribution >= 4 is 5.91 Å². The van der Waals surface area contributed by atoms with Gasteiger partial charge >= 0.3 is 0 Å². The predicted molar refractivity (Wildman–Crippen MR) is 63.0 cm³/mol. The number of allylic oxidation sites excluding steroid dienone is 3. The minimum atomic E-state index is -0.140. The molecule has 3 nitrogen and oxygen atoms in total. The Bertz CT molecular complexity index is 346. The largest absolute Gasteiger partial charge is 0.512 e. The fraction of sp³-hybridized carbons (Fsp3) is 0.615. The van der Waals surface area contributed by atoms with E-state index in [1.165, 1.54) is 0 Å². The maximum atomic E-state index is 11.5. The highest BCUT2D eigenvalue weighted by atomic mass is 16.3. The third-order valence-electron chi connectivity index (χ3n) is 3.61. The smallest absolute Gasteiger partial charge is 0.220 e. The quantitative estimate of drug-likeness (QED) is 0.714. The molecule has 2 aliphatic rings. The third-order valence-corrected chi connectivity index (χ3v) is 3.61. The van der Waals surface area contributed by atoms with Gasteiger partial charge in [0.25, 0.3) is 0 Å². The second-order valence-electron chi connectivity index (χ2n) is 5.07. The van der Waals surface area contributed by atoms with Gasteiger partial charge in [-0.05, 0) is 18.9 Å². The van der Waals surface area contributed by atoms with Crippen LogP contribution in [0.2, 0.25) is 0 Å². The Morgan fingerprint density at radius 1 is 1.50 bits per heavy atom. The van der Waals surface area contributed by atoms with Gasteiger partial charge in [0, 0.05) is 24.3 Å². The number of aliphatic hydroxyl groups excluding tert-OH is 1. The minimum absolute atomic E-state index is 0.140. The molecule has 2 atom stereocenters. The summed E-state index contributed by atoms with van der Waals surface area (Å²) in [5, 5.41) is 12.7. The second kappa shape index (κ2) is 4.32. The molecule has 3 heteroatoms. The van der Waals surface area contributed by atoms with Crippen LogP contribution in [0, 0.1) is 5.41 Å². The predicted octanol–water partition coefficient (Wildman–Crippen LogP) is 2.45. The number of hydrogen-bond donors (Lipinski definition) is 2. The summed E-state index contributed by atoms with van der Waals surface area (Å²) < 4.78 is 0. The zero-order chi connectivity index (χ0) is 11.6. The van der Waals surface area contributed by atoms with Crippen molar-refractivity contribution < 1.29 is 9.90 Å². The molecule has 1 aliphatic heterocycles. The van der Waals surface area contributed by atoms with Gasteiger partial charge in [-0.2, -0.15) is 0 Å². The van der Waals surface area contributed by atoms with Crippen molar-refractivity contribution in [3.8, 4) is 0 Å². The Morgan fingerprint density at radius 2 is 2.31 bits per heavy atom. The molecule has 2 rings (SSSR count). The molecule has 16 heavy (non-hydrogen) atoms. The highest BCUT2D eigenvalue weighted by Gasteiger charge is 2.35. The topological polar surface area (TPSA) is 49.3 Å². The average Bonchev–Trinajstić information content (AvgIpc) is 2.43. The molecule has 0 radical (unpaired) electrons. The normalized spacial score (nSPS) is 35.2. The molecule has 0 saturated carbocycles. The second-order valence-corrected chi connectivity index (χ2v) is 5.07.